The van der Waals surface area contributed by atoms with Gasteiger partial charge in [-0.3, -0.25) is 4.79 Å². The number of hydrogen-bond donors (Lipinski definition) is 0. The van der Waals surface area contributed by atoms with Crippen LogP contribution in [0.15, 0.2) is 54.7 Å². The SMILES string of the molecule is Cc1ccc(-n2cc(C=O)c(-c3ccc(CC(C)C)cc3)n2)cc1. The number of nitrogens with zero attached hydrogens (tertiary/aromatic N) is 2. The fourth-order valence-corrected chi connectivity index (χ4v) is 2.80. The molecule has 24 heavy (non-hydrogen) atoms. The fraction of sp³-hybridized carbons (Fsp3) is 0.238. The Morgan fingerprint density at radius 3 is 2.29 bits per heavy atom. The van der Waals surface area contributed by atoms with E-state index in [0.29, 0.717) is 11.5 Å². The van der Waals surface area contributed by atoms with Gasteiger partial charge in [-0.25, -0.2) is 4.68 Å². The van der Waals surface area contributed by atoms with Gasteiger partial charge in [0.25, 0.3) is 0 Å². The number of hydrogen-bond acceptors (Lipinski definition) is 2. The number of aromatic nitrogens is 2. The summed E-state index contributed by atoms with van der Waals surface area (Å²) in [5.41, 5.74) is 5.75. The molecule has 0 atom stereocenters. The van der Waals surface area contributed by atoms with Crippen LogP contribution in [0, 0.1) is 12.8 Å². The van der Waals surface area contributed by atoms with Crippen molar-refractivity contribution in [3.63, 3.8) is 0 Å². The maximum atomic E-state index is 11.5. The molecule has 0 amide bonds. The summed E-state index contributed by atoms with van der Waals surface area (Å²) in [4.78, 5) is 11.5. The molecule has 1 heterocycles. The van der Waals surface area contributed by atoms with Crippen LogP contribution in [-0.4, -0.2) is 16.1 Å². The molecule has 0 fully saturated rings. The molecule has 0 saturated heterocycles. The molecule has 3 nitrogen and oxygen atoms in total. The average Bonchev–Trinajstić information content (AvgIpc) is 3.00. The zero-order chi connectivity index (χ0) is 17.1. The zero-order valence-corrected chi connectivity index (χ0v) is 14.4. The second-order valence-electron chi connectivity index (χ2n) is 6.63. The first-order chi connectivity index (χ1) is 11.6. The predicted molar refractivity (Wildman–Crippen MR) is 97.7 cm³/mol. The third kappa shape index (κ3) is 3.46. The maximum absolute atomic E-state index is 11.5. The second-order valence-corrected chi connectivity index (χ2v) is 6.63. The van der Waals surface area contributed by atoms with E-state index in [0.717, 1.165) is 29.7 Å². The molecule has 0 aliphatic rings. The van der Waals surface area contributed by atoms with Gasteiger partial charge in [0.1, 0.15) is 5.69 Å². The van der Waals surface area contributed by atoms with Gasteiger partial charge in [0.2, 0.25) is 0 Å². The van der Waals surface area contributed by atoms with Crippen molar-refractivity contribution in [1.82, 2.24) is 9.78 Å². The molecule has 0 radical (unpaired) electrons. The highest BCUT2D eigenvalue weighted by Gasteiger charge is 2.12. The van der Waals surface area contributed by atoms with Crippen molar-refractivity contribution in [1.29, 1.82) is 0 Å². The van der Waals surface area contributed by atoms with Gasteiger partial charge in [-0.2, -0.15) is 5.10 Å². The second kappa shape index (κ2) is 6.83. The molecule has 122 valence electrons. The highest BCUT2D eigenvalue weighted by molar-refractivity contribution is 5.85. The molecule has 3 aromatic rings. The predicted octanol–water partition coefficient (Wildman–Crippen LogP) is 4.86. The van der Waals surface area contributed by atoms with Crippen molar-refractivity contribution in [3.8, 4) is 16.9 Å². The van der Waals surface area contributed by atoms with Gasteiger partial charge in [-0.05, 0) is 37.0 Å². The minimum Gasteiger partial charge on any atom is -0.298 e. The van der Waals surface area contributed by atoms with E-state index in [4.69, 9.17) is 0 Å². The van der Waals surface area contributed by atoms with Crippen LogP contribution in [0.1, 0.15) is 35.3 Å². The van der Waals surface area contributed by atoms with E-state index in [9.17, 15) is 4.79 Å². The normalized spacial score (nSPS) is 11.0. The van der Waals surface area contributed by atoms with E-state index in [1.54, 1.807) is 10.9 Å². The monoisotopic (exact) mass is 318 g/mol. The average molecular weight is 318 g/mol. The van der Waals surface area contributed by atoms with Gasteiger partial charge in [0.15, 0.2) is 6.29 Å². The van der Waals surface area contributed by atoms with E-state index in [1.807, 2.05) is 43.3 Å². The molecule has 2 aromatic carbocycles. The van der Waals surface area contributed by atoms with Crippen molar-refractivity contribution in [2.75, 3.05) is 0 Å². The lowest BCUT2D eigenvalue weighted by atomic mass is 10.0. The van der Waals surface area contributed by atoms with Gasteiger partial charge in [0, 0.05) is 11.8 Å². The number of aldehydes is 1. The lowest BCUT2D eigenvalue weighted by molar-refractivity contribution is 0.112. The number of carbonyl (C=O) groups is 1. The van der Waals surface area contributed by atoms with Crippen LogP contribution in [0.2, 0.25) is 0 Å². The van der Waals surface area contributed by atoms with Crippen LogP contribution in [0.4, 0.5) is 0 Å². The standard InChI is InChI=1S/C21H22N2O/c1-15(2)12-17-6-8-18(9-7-17)21-19(14-24)13-23(22-21)20-10-4-16(3)5-11-20/h4-11,13-15H,12H2,1-3H3. The van der Waals surface area contributed by atoms with Crippen molar-refractivity contribution in [2.45, 2.75) is 27.2 Å². The maximum Gasteiger partial charge on any atom is 0.153 e. The van der Waals surface area contributed by atoms with E-state index in [1.165, 1.54) is 11.1 Å². The zero-order valence-electron chi connectivity index (χ0n) is 14.4. The third-order valence-electron chi connectivity index (χ3n) is 4.04. The Bertz CT molecular complexity index is 827. The Hall–Kier alpha value is -2.68. The van der Waals surface area contributed by atoms with E-state index in [-0.39, 0.29) is 0 Å². The summed E-state index contributed by atoms with van der Waals surface area (Å²) in [7, 11) is 0. The number of rotatable bonds is 5. The minimum atomic E-state index is 0.604. The van der Waals surface area contributed by atoms with Crippen LogP contribution in [0.25, 0.3) is 16.9 Å². The van der Waals surface area contributed by atoms with Crippen molar-refractivity contribution >= 4 is 6.29 Å². The summed E-state index contributed by atoms with van der Waals surface area (Å²) >= 11 is 0. The van der Waals surface area contributed by atoms with Gasteiger partial charge in [-0.1, -0.05) is 55.8 Å². The summed E-state index contributed by atoms with van der Waals surface area (Å²) in [5.74, 6) is 0.627. The van der Waals surface area contributed by atoms with Gasteiger partial charge in [-0.15, -0.1) is 0 Å². The van der Waals surface area contributed by atoms with Gasteiger partial charge < -0.3 is 0 Å². The highest BCUT2D eigenvalue weighted by atomic mass is 16.1. The van der Waals surface area contributed by atoms with Crippen LogP contribution < -0.4 is 0 Å². The molecule has 3 heteroatoms. The Morgan fingerprint density at radius 2 is 1.71 bits per heavy atom. The van der Waals surface area contributed by atoms with Crippen LogP contribution in [0.3, 0.4) is 0 Å². The van der Waals surface area contributed by atoms with Gasteiger partial charge >= 0.3 is 0 Å². The van der Waals surface area contributed by atoms with E-state index >= 15 is 0 Å². The summed E-state index contributed by atoms with van der Waals surface area (Å²) < 4.78 is 1.76. The molecular formula is C21H22N2O. The molecule has 0 N–H and O–H groups in total. The summed E-state index contributed by atoms with van der Waals surface area (Å²) in [6, 6.07) is 16.4. The Morgan fingerprint density at radius 1 is 1.04 bits per heavy atom. The lowest BCUT2D eigenvalue weighted by Gasteiger charge is -2.06. The molecule has 0 aliphatic carbocycles. The fourth-order valence-electron chi connectivity index (χ4n) is 2.80. The molecule has 0 unspecified atom stereocenters. The first-order valence-corrected chi connectivity index (χ1v) is 8.28. The lowest BCUT2D eigenvalue weighted by Crippen LogP contribution is -1.95. The van der Waals surface area contributed by atoms with Crippen LogP contribution in [-0.2, 0) is 6.42 Å². The van der Waals surface area contributed by atoms with E-state index in [2.05, 4.69) is 31.1 Å². The largest absolute Gasteiger partial charge is 0.298 e. The first-order valence-electron chi connectivity index (χ1n) is 8.28. The van der Waals surface area contributed by atoms with Gasteiger partial charge in [0.05, 0.1) is 11.3 Å². The number of aryl methyl sites for hydroxylation is 1. The quantitative estimate of drug-likeness (QED) is 0.630. The van der Waals surface area contributed by atoms with E-state index < -0.39 is 0 Å². The number of carbonyl (C=O) groups excluding carboxylic acids is 1. The molecular weight excluding hydrogens is 296 g/mol. The minimum absolute atomic E-state index is 0.604. The van der Waals surface area contributed by atoms with Crippen molar-refractivity contribution in [2.24, 2.45) is 5.92 Å². The Kier molecular flexibility index (Phi) is 4.61. The van der Waals surface area contributed by atoms with Crippen LogP contribution in [0.5, 0.6) is 0 Å². The smallest absolute Gasteiger partial charge is 0.153 e. The van der Waals surface area contributed by atoms with Crippen molar-refractivity contribution < 1.29 is 4.79 Å². The third-order valence-corrected chi connectivity index (χ3v) is 4.04. The molecule has 3 rings (SSSR count). The Labute approximate surface area is 143 Å². The molecule has 0 spiro atoms. The molecule has 0 saturated carbocycles. The molecule has 1 aromatic heterocycles. The van der Waals surface area contributed by atoms with Crippen LogP contribution >= 0.6 is 0 Å². The number of benzene rings is 2. The molecule has 0 bridgehead atoms. The highest BCUT2D eigenvalue weighted by Crippen LogP contribution is 2.24. The summed E-state index contributed by atoms with van der Waals surface area (Å²) in [6.45, 7) is 6.47. The summed E-state index contributed by atoms with van der Waals surface area (Å²) in [5, 5.41) is 4.63. The summed E-state index contributed by atoms with van der Waals surface area (Å²) in [6.07, 6.45) is 3.71. The van der Waals surface area contributed by atoms with Crippen molar-refractivity contribution in [3.05, 3.63) is 71.4 Å². The molecule has 0 aliphatic heterocycles. The first kappa shape index (κ1) is 16.2. The Balaban J connectivity index is 1.95. The topological polar surface area (TPSA) is 34.9 Å².